The van der Waals surface area contributed by atoms with Gasteiger partial charge in [0.1, 0.15) is 0 Å². The summed E-state index contributed by atoms with van der Waals surface area (Å²) in [6.45, 7) is 1.74. The standard InChI is InChI=1S/C9H10O4S/c1-6-3-7(9(10)13-2)5-8(4-6)14(11)12/h3-5H,1-2H3,(H,11,12). The van der Waals surface area contributed by atoms with Gasteiger partial charge in [0.05, 0.1) is 17.6 Å². The van der Waals surface area contributed by atoms with Crippen molar-refractivity contribution in [3.8, 4) is 0 Å². The Bertz CT molecular complexity index is 386. The fraction of sp³-hybridized carbons (Fsp3) is 0.222. The van der Waals surface area contributed by atoms with Crippen LogP contribution in [0.4, 0.5) is 0 Å². The number of esters is 1. The van der Waals surface area contributed by atoms with E-state index >= 15 is 0 Å². The van der Waals surface area contributed by atoms with Crippen LogP contribution >= 0.6 is 0 Å². The molecule has 0 spiro atoms. The third-order valence-electron chi connectivity index (χ3n) is 1.67. The summed E-state index contributed by atoms with van der Waals surface area (Å²) in [5.41, 5.74) is 1.02. The van der Waals surface area contributed by atoms with Crippen molar-refractivity contribution >= 4 is 17.0 Å². The Kier molecular flexibility index (Phi) is 3.38. The molecule has 0 aliphatic carbocycles. The number of benzene rings is 1. The van der Waals surface area contributed by atoms with Crippen LogP contribution in [-0.4, -0.2) is 21.8 Å². The third kappa shape index (κ3) is 2.40. The molecule has 0 heterocycles. The molecule has 0 fully saturated rings. The molecule has 1 aromatic rings. The van der Waals surface area contributed by atoms with Crippen molar-refractivity contribution in [3.05, 3.63) is 29.3 Å². The third-order valence-corrected chi connectivity index (χ3v) is 2.31. The molecule has 1 rings (SSSR count). The Balaban J connectivity index is 3.20. The minimum Gasteiger partial charge on any atom is -0.465 e. The van der Waals surface area contributed by atoms with E-state index in [0.29, 0.717) is 0 Å². The maximum atomic E-state index is 11.1. The summed E-state index contributed by atoms with van der Waals surface area (Å²) in [6, 6.07) is 4.49. The summed E-state index contributed by atoms with van der Waals surface area (Å²) in [7, 11) is 1.26. The van der Waals surface area contributed by atoms with Crippen LogP contribution in [0.2, 0.25) is 0 Å². The largest absolute Gasteiger partial charge is 0.465 e. The van der Waals surface area contributed by atoms with E-state index in [0.717, 1.165) is 5.56 Å². The normalized spacial score (nSPS) is 12.2. The highest BCUT2D eigenvalue weighted by atomic mass is 32.2. The van der Waals surface area contributed by atoms with Gasteiger partial charge in [-0.1, -0.05) is 0 Å². The van der Waals surface area contributed by atoms with Gasteiger partial charge in [-0.2, -0.15) is 0 Å². The molecular formula is C9H10O4S. The van der Waals surface area contributed by atoms with Crippen molar-refractivity contribution in [1.29, 1.82) is 0 Å². The lowest BCUT2D eigenvalue weighted by molar-refractivity contribution is 0.0600. The number of ether oxygens (including phenoxy) is 1. The van der Waals surface area contributed by atoms with Gasteiger partial charge in [0.25, 0.3) is 0 Å². The van der Waals surface area contributed by atoms with Gasteiger partial charge in [-0.3, -0.25) is 0 Å². The van der Waals surface area contributed by atoms with Crippen LogP contribution in [0, 0.1) is 6.92 Å². The molecule has 76 valence electrons. The summed E-state index contributed by atoms with van der Waals surface area (Å²) in [5, 5.41) is 0. The molecule has 0 aliphatic heterocycles. The molecule has 0 saturated carbocycles. The summed E-state index contributed by atoms with van der Waals surface area (Å²) >= 11 is -2.08. The van der Waals surface area contributed by atoms with Crippen LogP contribution in [0.1, 0.15) is 15.9 Å². The molecule has 14 heavy (non-hydrogen) atoms. The number of hydrogen-bond donors (Lipinski definition) is 1. The van der Waals surface area contributed by atoms with Crippen LogP contribution < -0.4 is 0 Å². The van der Waals surface area contributed by atoms with Crippen molar-refractivity contribution in [2.75, 3.05) is 7.11 Å². The van der Waals surface area contributed by atoms with E-state index in [4.69, 9.17) is 4.55 Å². The van der Waals surface area contributed by atoms with Crippen molar-refractivity contribution < 1.29 is 18.3 Å². The fourth-order valence-electron chi connectivity index (χ4n) is 1.08. The lowest BCUT2D eigenvalue weighted by atomic mass is 10.1. The summed E-state index contributed by atoms with van der Waals surface area (Å²) < 4.78 is 24.1. The quantitative estimate of drug-likeness (QED) is 0.596. The maximum absolute atomic E-state index is 11.1. The maximum Gasteiger partial charge on any atom is 0.337 e. The molecule has 0 radical (unpaired) electrons. The van der Waals surface area contributed by atoms with Crippen LogP contribution in [0.5, 0.6) is 0 Å². The van der Waals surface area contributed by atoms with Gasteiger partial charge in [-0.25, -0.2) is 9.00 Å². The van der Waals surface area contributed by atoms with Crippen molar-refractivity contribution in [2.45, 2.75) is 11.8 Å². The monoisotopic (exact) mass is 214 g/mol. The first-order chi connectivity index (χ1) is 6.54. The molecule has 0 bridgehead atoms. The first-order valence-corrected chi connectivity index (χ1v) is 4.96. The number of carbonyl (C=O) groups excluding carboxylic acids is 1. The second-order valence-electron chi connectivity index (χ2n) is 2.78. The molecule has 1 atom stereocenters. The summed E-state index contributed by atoms with van der Waals surface area (Å²) in [6.07, 6.45) is 0. The first-order valence-electron chi connectivity index (χ1n) is 3.85. The zero-order valence-corrected chi connectivity index (χ0v) is 8.63. The minimum absolute atomic E-state index is 0.199. The topological polar surface area (TPSA) is 63.6 Å². The second kappa shape index (κ2) is 4.34. The lowest BCUT2D eigenvalue weighted by Gasteiger charge is -2.02. The van der Waals surface area contributed by atoms with E-state index < -0.39 is 17.0 Å². The minimum atomic E-state index is -2.08. The number of aryl methyl sites for hydroxylation is 1. The van der Waals surface area contributed by atoms with Crippen LogP contribution in [0.25, 0.3) is 0 Å². The van der Waals surface area contributed by atoms with Gasteiger partial charge in [0.15, 0.2) is 11.1 Å². The predicted molar refractivity (Wildman–Crippen MR) is 51.6 cm³/mol. The van der Waals surface area contributed by atoms with Crippen molar-refractivity contribution in [3.63, 3.8) is 0 Å². The average molecular weight is 214 g/mol. The van der Waals surface area contributed by atoms with Gasteiger partial charge in [-0.05, 0) is 30.7 Å². The number of methoxy groups -OCH3 is 1. The van der Waals surface area contributed by atoms with E-state index in [-0.39, 0.29) is 10.5 Å². The van der Waals surface area contributed by atoms with Gasteiger partial charge in [0, 0.05) is 0 Å². The Labute approximate surface area is 84.2 Å². The Morgan fingerprint density at radius 3 is 2.57 bits per heavy atom. The number of rotatable bonds is 2. The molecule has 0 amide bonds. The Morgan fingerprint density at radius 2 is 2.07 bits per heavy atom. The predicted octanol–water partition coefficient (Wildman–Crippen LogP) is 1.36. The van der Waals surface area contributed by atoms with Crippen LogP contribution in [0.15, 0.2) is 23.1 Å². The van der Waals surface area contributed by atoms with Crippen LogP contribution in [-0.2, 0) is 15.8 Å². The summed E-state index contributed by atoms with van der Waals surface area (Å²) in [4.78, 5) is 11.3. The Hall–Kier alpha value is -1.20. The van der Waals surface area contributed by atoms with E-state index in [2.05, 4.69) is 4.74 Å². The van der Waals surface area contributed by atoms with E-state index in [1.807, 2.05) is 0 Å². The van der Waals surface area contributed by atoms with Gasteiger partial charge < -0.3 is 9.29 Å². The second-order valence-corrected chi connectivity index (χ2v) is 3.75. The molecular weight excluding hydrogens is 204 g/mol. The Morgan fingerprint density at radius 1 is 1.43 bits per heavy atom. The molecule has 1 aromatic carbocycles. The molecule has 4 nitrogen and oxygen atoms in total. The van der Waals surface area contributed by atoms with Crippen molar-refractivity contribution in [1.82, 2.24) is 0 Å². The average Bonchev–Trinajstić information content (AvgIpc) is 2.15. The number of hydrogen-bond acceptors (Lipinski definition) is 3. The molecule has 5 heteroatoms. The zero-order valence-electron chi connectivity index (χ0n) is 7.81. The zero-order chi connectivity index (χ0) is 10.7. The summed E-state index contributed by atoms with van der Waals surface area (Å²) in [5.74, 6) is -0.514. The lowest BCUT2D eigenvalue weighted by Crippen LogP contribution is -2.03. The van der Waals surface area contributed by atoms with E-state index in [1.165, 1.54) is 13.2 Å². The first kappa shape index (κ1) is 10.9. The number of carbonyl (C=O) groups is 1. The smallest absolute Gasteiger partial charge is 0.337 e. The van der Waals surface area contributed by atoms with E-state index in [1.54, 1.807) is 19.1 Å². The molecule has 1 unspecified atom stereocenters. The highest BCUT2D eigenvalue weighted by Crippen LogP contribution is 2.13. The SMILES string of the molecule is COC(=O)c1cc(C)cc(S(=O)O)c1. The molecule has 1 N–H and O–H groups in total. The fourth-order valence-corrected chi connectivity index (χ4v) is 1.60. The van der Waals surface area contributed by atoms with Crippen LogP contribution in [0.3, 0.4) is 0 Å². The van der Waals surface area contributed by atoms with E-state index in [9.17, 15) is 9.00 Å². The highest BCUT2D eigenvalue weighted by Gasteiger charge is 2.09. The van der Waals surface area contributed by atoms with Gasteiger partial charge in [0.2, 0.25) is 0 Å². The molecule has 0 aliphatic rings. The van der Waals surface area contributed by atoms with Crippen molar-refractivity contribution in [2.24, 2.45) is 0 Å². The molecule has 0 saturated heterocycles. The molecule has 0 aromatic heterocycles. The van der Waals surface area contributed by atoms with Gasteiger partial charge >= 0.3 is 5.97 Å². The van der Waals surface area contributed by atoms with Gasteiger partial charge in [-0.15, -0.1) is 0 Å². The highest BCUT2D eigenvalue weighted by molar-refractivity contribution is 7.79.